The summed E-state index contributed by atoms with van der Waals surface area (Å²) in [6.07, 6.45) is 4.48. The largest absolute Gasteiger partial charge is 0.384 e. The van der Waals surface area contributed by atoms with E-state index in [0.29, 0.717) is 17.9 Å². The molecule has 3 rings (SSSR count). The predicted molar refractivity (Wildman–Crippen MR) is 60.8 cm³/mol. The van der Waals surface area contributed by atoms with Gasteiger partial charge in [-0.25, -0.2) is 4.98 Å². The van der Waals surface area contributed by atoms with Crippen molar-refractivity contribution in [2.24, 2.45) is 0 Å². The highest BCUT2D eigenvalue weighted by molar-refractivity contribution is 5.51. The number of nitrogens with two attached hydrogens (primary N) is 1. The van der Waals surface area contributed by atoms with Crippen LogP contribution in [-0.2, 0) is 0 Å². The number of nitrogens with zero attached hydrogens (tertiary/aromatic N) is 2. The van der Waals surface area contributed by atoms with Crippen molar-refractivity contribution >= 4 is 11.5 Å². The van der Waals surface area contributed by atoms with Gasteiger partial charge in [0.15, 0.2) is 0 Å². The summed E-state index contributed by atoms with van der Waals surface area (Å²) in [4.78, 5) is 6.67. The molecule has 0 aliphatic carbocycles. The number of piperazine rings is 1. The highest BCUT2D eigenvalue weighted by atomic mass is 15.3. The van der Waals surface area contributed by atoms with E-state index in [0.717, 1.165) is 13.1 Å². The van der Waals surface area contributed by atoms with Gasteiger partial charge >= 0.3 is 0 Å². The summed E-state index contributed by atoms with van der Waals surface area (Å²) in [6, 6.07) is 5.26. The first-order valence-corrected chi connectivity index (χ1v) is 5.55. The van der Waals surface area contributed by atoms with Gasteiger partial charge in [-0.2, -0.15) is 0 Å². The molecule has 0 saturated carbocycles. The van der Waals surface area contributed by atoms with Crippen LogP contribution in [0.25, 0.3) is 0 Å². The lowest BCUT2D eigenvalue weighted by Gasteiger charge is -2.37. The number of pyridine rings is 1. The fourth-order valence-corrected chi connectivity index (χ4v) is 2.75. The first-order valence-electron chi connectivity index (χ1n) is 5.55. The minimum absolute atomic E-state index is 0.598. The molecule has 0 radical (unpaired) electrons. The number of fused-ring (bicyclic) bond motifs is 2. The molecule has 2 aliphatic rings. The first kappa shape index (κ1) is 8.97. The molecule has 2 fully saturated rings. The Morgan fingerprint density at radius 1 is 1.27 bits per heavy atom. The lowest BCUT2D eigenvalue weighted by atomic mass is 10.2. The van der Waals surface area contributed by atoms with Gasteiger partial charge in [-0.15, -0.1) is 0 Å². The van der Waals surface area contributed by atoms with Crippen molar-refractivity contribution in [2.45, 2.75) is 24.9 Å². The molecule has 0 spiro atoms. The van der Waals surface area contributed by atoms with E-state index in [2.05, 4.69) is 21.3 Å². The highest BCUT2D eigenvalue weighted by Gasteiger charge is 2.36. The molecule has 4 nitrogen and oxygen atoms in total. The van der Waals surface area contributed by atoms with E-state index in [1.54, 1.807) is 0 Å². The molecule has 2 atom stereocenters. The fraction of sp³-hybridized carbons (Fsp3) is 0.545. The molecule has 2 unspecified atom stereocenters. The van der Waals surface area contributed by atoms with Gasteiger partial charge in [0.05, 0.1) is 11.9 Å². The van der Waals surface area contributed by atoms with Crippen molar-refractivity contribution in [3.05, 3.63) is 18.3 Å². The van der Waals surface area contributed by atoms with Gasteiger partial charge in [0, 0.05) is 25.2 Å². The molecule has 2 bridgehead atoms. The van der Waals surface area contributed by atoms with Gasteiger partial charge < -0.3 is 16.0 Å². The van der Waals surface area contributed by atoms with Crippen LogP contribution in [0.2, 0.25) is 0 Å². The molecule has 3 heterocycles. The Morgan fingerprint density at radius 3 is 2.60 bits per heavy atom. The van der Waals surface area contributed by atoms with E-state index in [-0.39, 0.29) is 0 Å². The molecule has 1 aromatic heterocycles. The molecule has 0 aromatic carbocycles. The summed E-state index contributed by atoms with van der Waals surface area (Å²) in [6.45, 7) is 2.20. The number of nitrogen functional groups attached to an aromatic ring is 1. The van der Waals surface area contributed by atoms with Gasteiger partial charge in [-0.3, -0.25) is 0 Å². The van der Waals surface area contributed by atoms with Crippen LogP contribution in [0, 0.1) is 0 Å². The molecule has 2 aliphatic heterocycles. The van der Waals surface area contributed by atoms with Crippen molar-refractivity contribution < 1.29 is 0 Å². The number of aromatic nitrogens is 1. The zero-order valence-electron chi connectivity index (χ0n) is 8.69. The topological polar surface area (TPSA) is 54.2 Å². The standard InChI is InChI=1S/C11H16N4/c12-11-4-3-10(7-14-11)15-8-1-2-9(15)6-13-5-8/h3-4,7-9,13H,1-2,5-6H2,(H2,12,14). The SMILES string of the molecule is Nc1ccc(N2C3CCC2CNC3)cn1. The average molecular weight is 204 g/mol. The van der Waals surface area contributed by atoms with Crippen LogP contribution in [0.5, 0.6) is 0 Å². The van der Waals surface area contributed by atoms with E-state index in [4.69, 9.17) is 5.73 Å². The Balaban J connectivity index is 1.90. The maximum Gasteiger partial charge on any atom is 0.123 e. The summed E-state index contributed by atoms with van der Waals surface area (Å²) >= 11 is 0. The summed E-state index contributed by atoms with van der Waals surface area (Å²) in [5.41, 5.74) is 6.82. The van der Waals surface area contributed by atoms with Crippen molar-refractivity contribution in [3.8, 4) is 0 Å². The third-order valence-corrected chi connectivity index (χ3v) is 3.45. The first-order chi connectivity index (χ1) is 7.34. The normalized spacial score (nSPS) is 29.5. The quantitative estimate of drug-likeness (QED) is 0.703. The molecule has 4 heteroatoms. The average Bonchev–Trinajstić information content (AvgIpc) is 2.51. The number of anilines is 2. The van der Waals surface area contributed by atoms with Gasteiger partial charge in [0.2, 0.25) is 0 Å². The highest BCUT2D eigenvalue weighted by Crippen LogP contribution is 2.31. The molecule has 0 amide bonds. The van der Waals surface area contributed by atoms with Crippen LogP contribution in [0.3, 0.4) is 0 Å². The number of hydrogen-bond acceptors (Lipinski definition) is 4. The molecule has 80 valence electrons. The monoisotopic (exact) mass is 204 g/mol. The fourth-order valence-electron chi connectivity index (χ4n) is 2.75. The number of hydrogen-bond donors (Lipinski definition) is 2. The Labute approximate surface area is 89.5 Å². The van der Waals surface area contributed by atoms with Crippen LogP contribution in [0.1, 0.15) is 12.8 Å². The van der Waals surface area contributed by atoms with Gasteiger partial charge in [0.25, 0.3) is 0 Å². The second-order valence-electron chi connectivity index (χ2n) is 4.39. The van der Waals surface area contributed by atoms with E-state index < -0.39 is 0 Å². The third kappa shape index (κ3) is 1.45. The van der Waals surface area contributed by atoms with E-state index in [1.807, 2.05) is 12.3 Å². The zero-order valence-corrected chi connectivity index (χ0v) is 8.69. The molecule has 15 heavy (non-hydrogen) atoms. The number of rotatable bonds is 1. The van der Waals surface area contributed by atoms with E-state index >= 15 is 0 Å². The lowest BCUT2D eigenvalue weighted by molar-refractivity contribution is 0.484. The maximum atomic E-state index is 5.60. The second-order valence-corrected chi connectivity index (χ2v) is 4.39. The summed E-state index contributed by atoms with van der Waals surface area (Å²) in [7, 11) is 0. The molecular formula is C11H16N4. The smallest absolute Gasteiger partial charge is 0.123 e. The Hall–Kier alpha value is -1.29. The van der Waals surface area contributed by atoms with Crippen LogP contribution < -0.4 is 16.0 Å². The van der Waals surface area contributed by atoms with Crippen molar-refractivity contribution in [1.82, 2.24) is 10.3 Å². The van der Waals surface area contributed by atoms with E-state index in [1.165, 1.54) is 18.5 Å². The Kier molecular flexibility index (Phi) is 2.02. The predicted octanol–water partition coefficient (Wildman–Crippen LogP) is 0.604. The van der Waals surface area contributed by atoms with E-state index in [9.17, 15) is 0 Å². The van der Waals surface area contributed by atoms with Gasteiger partial charge in [0.1, 0.15) is 5.82 Å². The van der Waals surface area contributed by atoms with Crippen LogP contribution in [-0.4, -0.2) is 30.2 Å². The second kappa shape index (κ2) is 3.38. The summed E-state index contributed by atoms with van der Waals surface area (Å²) in [5, 5.41) is 3.47. The van der Waals surface area contributed by atoms with Gasteiger partial charge in [-0.1, -0.05) is 0 Å². The molecule has 2 saturated heterocycles. The van der Waals surface area contributed by atoms with Crippen molar-refractivity contribution in [1.29, 1.82) is 0 Å². The van der Waals surface area contributed by atoms with Gasteiger partial charge in [-0.05, 0) is 25.0 Å². The third-order valence-electron chi connectivity index (χ3n) is 3.45. The minimum atomic E-state index is 0.598. The van der Waals surface area contributed by atoms with Crippen molar-refractivity contribution in [2.75, 3.05) is 23.7 Å². The van der Waals surface area contributed by atoms with Crippen LogP contribution >= 0.6 is 0 Å². The molecule has 1 aromatic rings. The van der Waals surface area contributed by atoms with Crippen LogP contribution in [0.15, 0.2) is 18.3 Å². The molecular weight excluding hydrogens is 188 g/mol. The van der Waals surface area contributed by atoms with Crippen LogP contribution in [0.4, 0.5) is 11.5 Å². The molecule has 3 N–H and O–H groups in total. The summed E-state index contributed by atoms with van der Waals surface area (Å²) in [5.74, 6) is 0.598. The Bertz CT molecular complexity index is 332. The minimum Gasteiger partial charge on any atom is -0.384 e. The zero-order chi connectivity index (χ0) is 10.3. The summed E-state index contributed by atoms with van der Waals surface area (Å²) < 4.78 is 0. The lowest BCUT2D eigenvalue weighted by Crippen LogP contribution is -2.52. The number of nitrogens with one attached hydrogen (secondary N) is 1. The Morgan fingerprint density at radius 2 is 2.00 bits per heavy atom. The maximum absolute atomic E-state index is 5.60. The van der Waals surface area contributed by atoms with Crippen molar-refractivity contribution in [3.63, 3.8) is 0 Å².